The maximum atomic E-state index is 11.7. The molecule has 2 rings (SSSR count). The van der Waals surface area contributed by atoms with E-state index in [1.165, 1.54) is 0 Å². The number of carbonyl (C=O) groups excluding carboxylic acids is 1. The summed E-state index contributed by atoms with van der Waals surface area (Å²) in [5, 5.41) is 4.08. The largest absolute Gasteiger partial charge is 0.493 e. The first-order valence-corrected chi connectivity index (χ1v) is 6.47. The van der Waals surface area contributed by atoms with Gasteiger partial charge in [-0.05, 0) is 26.0 Å². The van der Waals surface area contributed by atoms with E-state index in [0.717, 1.165) is 5.56 Å². The Labute approximate surface area is 117 Å². The van der Waals surface area contributed by atoms with E-state index in [9.17, 15) is 4.79 Å². The number of rotatable bonds is 5. The number of aromatic nitrogens is 3. The Bertz CT molecular complexity index is 607. The molecule has 0 amide bonds. The molecule has 1 aromatic carbocycles. The molecule has 0 radical (unpaired) electrons. The smallest absolute Gasteiger partial charge is 0.378 e. The fourth-order valence-electron chi connectivity index (χ4n) is 1.83. The first-order chi connectivity index (χ1) is 9.67. The molecule has 106 valence electrons. The second-order valence-electron chi connectivity index (χ2n) is 4.03. The van der Waals surface area contributed by atoms with Crippen LogP contribution in [0.2, 0.25) is 0 Å². The van der Waals surface area contributed by atoms with Gasteiger partial charge in [-0.3, -0.25) is 0 Å². The predicted octanol–water partition coefficient (Wildman–Crippen LogP) is 2.06. The Kier molecular flexibility index (Phi) is 4.34. The average Bonchev–Trinajstić information content (AvgIpc) is 2.82. The summed E-state index contributed by atoms with van der Waals surface area (Å²) in [7, 11) is 1.73. The van der Waals surface area contributed by atoms with Gasteiger partial charge < -0.3 is 9.47 Å². The Morgan fingerprint density at radius 3 is 2.70 bits per heavy atom. The zero-order valence-electron chi connectivity index (χ0n) is 11.8. The highest BCUT2D eigenvalue weighted by Gasteiger charge is 2.18. The molecule has 0 bridgehead atoms. The van der Waals surface area contributed by atoms with Crippen LogP contribution in [0.4, 0.5) is 0 Å². The third kappa shape index (κ3) is 2.79. The van der Waals surface area contributed by atoms with Gasteiger partial charge in [-0.1, -0.05) is 12.1 Å². The van der Waals surface area contributed by atoms with E-state index in [-0.39, 0.29) is 5.82 Å². The second-order valence-corrected chi connectivity index (χ2v) is 4.03. The highest BCUT2D eigenvalue weighted by molar-refractivity contribution is 5.85. The van der Waals surface area contributed by atoms with Crippen molar-refractivity contribution in [2.24, 2.45) is 7.05 Å². The molecule has 2 aromatic rings. The number of nitrogens with zero attached hydrogens (tertiary/aromatic N) is 3. The van der Waals surface area contributed by atoms with Crippen LogP contribution in [0.25, 0.3) is 11.4 Å². The van der Waals surface area contributed by atoms with E-state index < -0.39 is 5.97 Å². The number of hydrogen-bond acceptors (Lipinski definition) is 5. The van der Waals surface area contributed by atoms with E-state index in [4.69, 9.17) is 9.47 Å². The summed E-state index contributed by atoms with van der Waals surface area (Å²) in [6, 6.07) is 7.51. The average molecular weight is 275 g/mol. The van der Waals surface area contributed by atoms with Crippen molar-refractivity contribution >= 4 is 5.97 Å². The van der Waals surface area contributed by atoms with E-state index in [1.54, 1.807) is 18.7 Å². The van der Waals surface area contributed by atoms with Gasteiger partial charge in [0.2, 0.25) is 0 Å². The highest BCUT2D eigenvalue weighted by Crippen LogP contribution is 2.28. The monoisotopic (exact) mass is 275 g/mol. The molecule has 6 heteroatoms. The summed E-state index contributed by atoms with van der Waals surface area (Å²) in [5.74, 6) is 0.803. The van der Waals surface area contributed by atoms with Gasteiger partial charge in [0.1, 0.15) is 5.75 Å². The van der Waals surface area contributed by atoms with Crippen molar-refractivity contribution in [3.63, 3.8) is 0 Å². The quantitative estimate of drug-likeness (QED) is 0.781. The van der Waals surface area contributed by atoms with Crippen molar-refractivity contribution in [3.8, 4) is 17.1 Å². The van der Waals surface area contributed by atoms with Crippen LogP contribution < -0.4 is 4.74 Å². The molecular weight excluding hydrogens is 258 g/mol. The van der Waals surface area contributed by atoms with Crippen molar-refractivity contribution in [2.45, 2.75) is 13.8 Å². The topological polar surface area (TPSA) is 66.2 Å². The van der Waals surface area contributed by atoms with Crippen molar-refractivity contribution in [1.29, 1.82) is 0 Å². The fourth-order valence-corrected chi connectivity index (χ4v) is 1.83. The molecule has 1 aromatic heterocycles. The van der Waals surface area contributed by atoms with Crippen LogP contribution in [0, 0.1) is 0 Å². The highest BCUT2D eigenvalue weighted by atomic mass is 16.5. The number of hydrogen-bond donors (Lipinski definition) is 0. The molecule has 0 aliphatic heterocycles. The van der Waals surface area contributed by atoms with E-state index in [0.29, 0.717) is 24.8 Å². The number of benzene rings is 1. The second kappa shape index (κ2) is 6.18. The molecule has 0 saturated heterocycles. The maximum Gasteiger partial charge on any atom is 0.378 e. The van der Waals surface area contributed by atoms with Crippen molar-refractivity contribution < 1.29 is 14.3 Å². The number of ether oxygens (including phenoxy) is 2. The molecule has 0 saturated carbocycles. The van der Waals surface area contributed by atoms with Gasteiger partial charge in [0.05, 0.1) is 18.8 Å². The van der Waals surface area contributed by atoms with Gasteiger partial charge >= 0.3 is 5.97 Å². The number of aryl methyl sites for hydroxylation is 1. The minimum absolute atomic E-state index is 0.0515. The molecular formula is C14H17N3O3. The Hall–Kier alpha value is -2.37. The van der Waals surface area contributed by atoms with Gasteiger partial charge in [0.25, 0.3) is 5.82 Å². The lowest BCUT2D eigenvalue weighted by molar-refractivity contribution is 0.0512. The Balaban J connectivity index is 2.41. The van der Waals surface area contributed by atoms with Crippen molar-refractivity contribution in [1.82, 2.24) is 14.8 Å². The summed E-state index contributed by atoms with van der Waals surface area (Å²) in [6.07, 6.45) is 0. The van der Waals surface area contributed by atoms with Crippen LogP contribution in [0.3, 0.4) is 0 Å². The van der Waals surface area contributed by atoms with Gasteiger partial charge in [0.15, 0.2) is 5.82 Å². The van der Waals surface area contributed by atoms with Crippen LogP contribution in [-0.4, -0.2) is 33.9 Å². The Morgan fingerprint density at radius 2 is 2.00 bits per heavy atom. The number of esters is 1. The fraction of sp³-hybridized carbons (Fsp3) is 0.357. The SMILES string of the molecule is CCOC(=O)c1nc(-c2ccccc2OCC)n(C)n1. The Morgan fingerprint density at radius 1 is 1.25 bits per heavy atom. The van der Waals surface area contributed by atoms with Crippen LogP contribution in [0.1, 0.15) is 24.5 Å². The summed E-state index contributed by atoms with van der Waals surface area (Å²) in [6.45, 7) is 4.51. The molecule has 1 heterocycles. The molecule has 0 spiro atoms. The molecule has 0 aliphatic carbocycles. The maximum absolute atomic E-state index is 11.7. The molecule has 20 heavy (non-hydrogen) atoms. The summed E-state index contributed by atoms with van der Waals surface area (Å²) >= 11 is 0. The molecule has 0 N–H and O–H groups in total. The van der Waals surface area contributed by atoms with Crippen molar-refractivity contribution in [2.75, 3.05) is 13.2 Å². The molecule has 0 atom stereocenters. The minimum Gasteiger partial charge on any atom is -0.493 e. The van der Waals surface area contributed by atoms with Gasteiger partial charge in [-0.2, -0.15) is 0 Å². The molecule has 0 aliphatic rings. The first kappa shape index (κ1) is 14.0. The van der Waals surface area contributed by atoms with Crippen molar-refractivity contribution in [3.05, 3.63) is 30.1 Å². The normalized spacial score (nSPS) is 10.3. The van der Waals surface area contributed by atoms with E-state index >= 15 is 0 Å². The van der Waals surface area contributed by atoms with Crippen LogP contribution in [0.15, 0.2) is 24.3 Å². The molecule has 6 nitrogen and oxygen atoms in total. The van der Waals surface area contributed by atoms with E-state index in [1.807, 2.05) is 31.2 Å². The molecule has 0 fully saturated rings. The van der Waals surface area contributed by atoms with Gasteiger partial charge in [-0.25, -0.2) is 14.5 Å². The van der Waals surface area contributed by atoms with Crippen LogP contribution in [-0.2, 0) is 11.8 Å². The van der Waals surface area contributed by atoms with Gasteiger partial charge in [0, 0.05) is 7.05 Å². The summed E-state index contributed by atoms with van der Waals surface area (Å²) in [5.41, 5.74) is 0.792. The zero-order valence-corrected chi connectivity index (χ0v) is 11.8. The van der Waals surface area contributed by atoms with Gasteiger partial charge in [-0.15, -0.1) is 5.10 Å². The van der Waals surface area contributed by atoms with Crippen LogP contribution >= 0.6 is 0 Å². The minimum atomic E-state index is -0.525. The lowest BCUT2D eigenvalue weighted by Gasteiger charge is -2.08. The van der Waals surface area contributed by atoms with Crippen LogP contribution in [0.5, 0.6) is 5.75 Å². The number of para-hydroxylation sites is 1. The first-order valence-electron chi connectivity index (χ1n) is 6.47. The lowest BCUT2D eigenvalue weighted by atomic mass is 10.2. The standard InChI is InChI=1S/C14H17N3O3/c1-4-19-11-9-7-6-8-10(11)13-15-12(16-17(13)3)14(18)20-5-2/h6-9H,4-5H2,1-3H3. The van der Waals surface area contributed by atoms with E-state index in [2.05, 4.69) is 10.1 Å². The lowest BCUT2D eigenvalue weighted by Crippen LogP contribution is -2.07. The number of carbonyl (C=O) groups is 1. The third-order valence-corrected chi connectivity index (χ3v) is 2.65. The third-order valence-electron chi connectivity index (χ3n) is 2.65. The zero-order chi connectivity index (χ0) is 14.5. The molecule has 0 unspecified atom stereocenters. The summed E-state index contributed by atoms with van der Waals surface area (Å²) < 4.78 is 12.0. The predicted molar refractivity (Wildman–Crippen MR) is 73.6 cm³/mol. The summed E-state index contributed by atoms with van der Waals surface area (Å²) in [4.78, 5) is 15.9.